The van der Waals surface area contributed by atoms with Gasteiger partial charge in [-0.1, -0.05) is 6.07 Å². The van der Waals surface area contributed by atoms with E-state index in [1.165, 1.54) is 38.3 Å². The third-order valence-corrected chi connectivity index (χ3v) is 3.63. The van der Waals surface area contributed by atoms with E-state index >= 15 is 0 Å². The summed E-state index contributed by atoms with van der Waals surface area (Å²) in [5, 5.41) is 3.39. The third kappa shape index (κ3) is 1.77. The summed E-state index contributed by atoms with van der Waals surface area (Å²) in [6.45, 7) is 5.93. The van der Waals surface area contributed by atoms with Crippen LogP contribution < -0.4 is 5.32 Å². The van der Waals surface area contributed by atoms with Crippen LogP contribution in [0, 0.1) is 5.41 Å². The zero-order valence-electron chi connectivity index (χ0n) is 8.95. The van der Waals surface area contributed by atoms with Crippen LogP contribution >= 0.6 is 0 Å². The Morgan fingerprint density at radius 1 is 1.40 bits per heavy atom. The van der Waals surface area contributed by atoms with Gasteiger partial charge in [0.25, 0.3) is 0 Å². The zero-order valence-corrected chi connectivity index (χ0v) is 8.95. The second-order valence-electron chi connectivity index (χ2n) is 4.89. The van der Waals surface area contributed by atoms with Crippen LogP contribution in [0.5, 0.6) is 0 Å². The Balaban J connectivity index is 1.61. The molecule has 1 N–H and O–H groups in total. The van der Waals surface area contributed by atoms with Crippen LogP contribution in [-0.4, -0.2) is 36.1 Å². The van der Waals surface area contributed by atoms with Crippen LogP contribution in [0.1, 0.15) is 12.1 Å². The van der Waals surface area contributed by atoms with Crippen LogP contribution in [0.15, 0.2) is 24.4 Å². The van der Waals surface area contributed by atoms with Crippen molar-refractivity contribution in [2.24, 2.45) is 5.41 Å². The van der Waals surface area contributed by atoms with E-state index in [-0.39, 0.29) is 0 Å². The average Bonchev–Trinajstić information content (AvgIpc) is 2.63. The van der Waals surface area contributed by atoms with Crippen LogP contribution in [0.25, 0.3) is 0 Å². The Hall–Kier alpha value is -0.930. The van der Waals surface area contributed by atoms with Gasteiger partial charge in [0.2, 0.25) is 0 Å². The van der Waals surface area contributed by atoms with E-state index in [0.29, 0.717) is 5.41 Å². The largest absolute Gasteiger partial charge is 0.315 e. The van der Waals surface area contributed by atoms with Gasteiger partial charge in [0.1, 0.15) is 0 Å². The molecule has 1 aromatic heterocycles. The molecule has 3 nitrogen and oxygen atoms in total. The Labute approximate surface area is 90.5 Å². The van der Waals surface area contributed by atoms with Crippen LogP contribution in [0.2, 0.25) is 0 Å². The second kappa shape index (κ2) is 3.58. The van der Waals surface area contributed by atoms with Crippen LogP contribution in [-0.2, 0) is 6.54 Å². The van der Waals surface area contributed by atoms with Crippen molar-refractivity contribution in [1.82, 2.24) is 15.2 Å². The van der Waals surface area contributed by atoms with Crippen LogP contribution in [0.3, 0.4) is 0 Å². The topological polar surface area (TPSA) is 28.2 Å². The molecule has 3 heterocycles. The molecule has 0 bridgehead atoms. The number of rotatable bonds is 2. The van der Waals surface area contributed by atoms with E-state index in [1.807, 2.05) is 12.3 Å². The molecule has 0 aliphatic carbocycles. The number of nitrogens with one attached hydrogen (secondary N) is 1. The van der Waals surface area contributed by atoms with Gasteiger partial charge in [0.15, 0.2) is 0 Å². The summed E-state index contributed by atoms with van der Waals surface area (Å²) in [7, 11) is 0. The van der Waals surface area contributed by atoms with Crippen LogP contribution in [0.4, 0.5) is 0 Å². The quantitative estimate of drug-likeness (QED) is 0.773. The van der Waals surface area contributed by atoms with Gasteiger partial charge in [0.05, 0.1) is 5.69 Å². The minimum atomic E-state index is 0.606. The highest BCUT2D eigenvalue weighted by Gasteiger charge is 2.42. The SMILES string of the molecule is c1ccc(CN2CCC3(CNC3)C2)nc1. The van der Waals surface area contributed by atoms with Gasteiger partial charge in [-0.2, -0.15) is 0 Å². The number of hydrogen-bond acceptors (Lipinski definition) is 3. The van der Waals surface area contributed by atoms with Gasteiger partial charge in [-0.3, -0.25) is 9.88 Å². The van der Waals surface area contributed by atoms with Gasteiger partial charge >= 0.3 is 0 Å². The molecule has 3 heteroatoms. The van der Waals surface area contributed by atoms with Crippen molar-refractivity contribution in [3.63, 3.8) is 0 Å². The summed E-state index contributed by atoms with van der Waals surface area (Å²) < 4.78 is 0. The number of aromatic nitrogens is 1. The number of likely N-dealkylation sites (tertiary alicyclic amines) is 1. The molecule has 0 radical (unpaired) electrons. The third-order valence-electron chi connectivity index (χ3n) is 3.63. The molecule has 15 heavy (non-hydrogen) atoms. The lowest BCUT2D eigenvalue weighted by atomic mass is 9.81. The summed E-state index contributed by atoms with van der Waals surface area (Å²) in [6, 6.07) is 6.16. The molecule has 0 saturated carbocycles. The molecule has 0 atom stereocenters. The number of pyridine rings is 1. The van der Waals surface area contributed by atoms with E-state index < -0.39 is 0 Å². The van der Waals surface area contributed by atoms with Gasteiger partial charge in [0, 0.05) is 37.8 Å². The maximum absolute atomic E-state index is 4.38. The Morgan fingerprint density at radius 2 is 2.33 bits per heavy atom. The molecule has 0 amide bonds. The Morgan fingerprint density at radius 3 is 2.93 bits per heavy atom. The lowest BCUT2D eigenvalue weighted by Crippen LogP contribution is -2.54. The first-order valence-electron chi connectivity index (χ1n) is 5.69. The zero-order chi connectivity index (χ0) is 10.1. The molecule has 1 spiro atoms. The Bertz CT molecular complexity index is 332. The smallest absolute Gasteiger partial charge is 0.0543 e. The van der Waals surface area contributed by atoms with Gasteiger partial charge < -0.3 is 5.32 Å². The van der Waals surface area contributed by atoms with Crippen molar-refractivity contribution in [2.75, 3.05) is 26.2 Å². The summed E-state index contributed by atoms with van der Waals surface area (Å²) in [5.74, 6) is 0. The van der Waals surface area contributed by atoms with Gasteiger partial charge in [-0.15, -0.1) is 0 Å². The van der Waals surface area contributed by atoms with Crippen molar-refractivity contribution < 1.29 is 0 Å². The maximum Gasteiger partial charge on any atom is 0.0543 e. The summed E-state index contributed by atoms with van der Waals surface area (Å²) in [4.78, 5) is 6.91. The highest BCUT2D eigenvalue weighted by Crippen LogP contribution is 2.34. The molecule has 2 aliphatic heterocycles. The monoisotopic (exact) mass is 203 g/mol. The lowest BCUT2D eigenvalue weighted by molar-refractivity contribution is 0.166. The molecule has 3 rings (SSSR count). The molecule has 1 aromatic rings. The normalized spacial score (nSPS) is 24.3. The van der Waals surface area contributed by atoms with E-state index in [0.717, 1.165) is 6.54 Å². The van der Waals surface area contributed by atoms with Crippen molar-refractivity contribution in [1.29, 1.82) is 0 Å². The van der Waals surface area contributed by atoms with Gasteiger partial charge in [-0.25, -0.2) is 0 Å². The fourth-order valence-electron chi connectivity index (χ4n) is 2.65. The van der Waals surface area contributed by atoms with E-state index in [4.69, 9.17) is 0 Å². The van der Waals surface area contributed by atoms with E-state index in [2.05, 4.69) is 27.3 Å². The summed E-state index contributed by atoms with van der Waals surface area (Å²) in [5.41, 5.74) is 1.80. The average molecular weight is 203 g/mol. The highest BCUT2D eigenvalue weighted by molar-refractivity contribution is 5.06. The fraction of sp³-hybridized carbons (Fsp3) is 0.583. The second-order valence-corrected chi connectivity index (χ2v) is 4.89. The molecule has 0 unspecified atom stereocenters. The van der Waals surface area contributed by atoms with Crippen molar-refractivity contribution in [3.05, 3.63) is 30.1 Å². The van der Waals surface area contributed by atoms with Crippen molar-refractivity contribution in [2.45, 2.75) is 13.0 Å². The number of hydrogen-bond donors (Lipinski definition) is 1. The molecule has 2 saturated heterocycles. The van der Waals surface area contributed by atoms with Gasteiger partial charge in [-0.05, 0) is 25.1 Å². The molecule has 2 aliphatic rings. The standard InChI is InChI=1S/C12H17N3/c1-2-5-14-11(3-1)7-15-6-4-12(10-15)8-13-9-12/h1-3,5,13H,4,6-10H2. The predicted octanol–water partition coefficient (Wildman–Crippen LogP) is 0.877. The summed E-state index contributed by atoms with van der Waals surface area (Å²) >= 11 is 0. The Kier molecular flexibility index (Phi) is 2.22. The molecule has 0 aromatic carbocycles. The molecule has 2 fully saturated rings. The first-order chi connectivity index (χ1) is 7.36. The highest BCUT2D eigenvalue weighted by atomic mass is 15.2. The minimum absolute atomic E-state index is 0.606. The van der Waals surface area contributed by atoms with Crippen molar-refractivity contribution in [3.8, 4) is 0 Å². The maximum atomic E-state index is 4.38. The first kappa shape index (κ1) is 9.31. The summed E-state index contributed by atoms with van der Waals surface area (Å²) in [6.07, 6.45) is 3.24. The lowest BCUT2D eigenvalue weighted by Gasteiger charge is -2.39. The van der Waals surface area contributed by atoms with E-state index in [9.17, 15) is 0 Å². The molecule has 80 valence electrons. The van der Waals surface area contributed by atoms with E-state index in [1.54, 1.807) is 0 Å². The molecular weight excluding hydrogens is 186 g/mol. The van der Waals surface area contributed by atoms with Crippen molar-refractivity contribution >= 4 is 0 Å². The molecular formula is C12H17N3. The predicted molar refractivity (Wildman–Crippen MR) is 59.4 cm³/mol. The fourth-order valence-corrected chi connectivity index (χ4v) is 2.65. The number of nitrogens with zero attached hydrogens (tertiary/aromatic N) is 2. The minimum Gasteiger partial charge on any atom is -0.315 e. The first-order valence-corrected chi connectivity index (χ1v) is 5.69.